The van der Waals surface area contributed by atoms with Gasteiger partial charge in [0, 0.05) is 37.7 Å². The molecule has 0 spiro atoms. The molecule has 0 radical (unpaired) electrons. The first-order valence-electron chi connectivity index (χ1n) is 17.9. The molecular formula is C38H56N2O10. The summed E-state index contributed by atoms with van der Waals surface area (Å²) in [6.07, 6.45) is 10.0. The molecule has 0 aromatic heterocycles. The highest BCUT2D eigenvalue weighted by atomic mass is 16.7. The van der Waals surface area contributed by atoms with Crippen LogP contribution in [0, 0.1) is 17.8 Å². The van der Waals surface area contributed by atoms with Crippen molar-refractivity contribution >= 4 is 11.8 Å². The number of aliphatic hydroxyl groups excluding tert-OH is 3. The molecule has 1 heterocycles. The van der Waals surface area contributed by atoms with E-state index < -0.39 is 23.8 Å². The Morgan fingerprint density at radius 1 is 1.06 bits per heavy atom. The first-order chi connectivity index (χ1) is 24.4. The van der Waals surface area contributed by atoms with Crippen LogP contribution in [0.15, 0.2) is 60.3 Å². The first-order valence-corrected chi connectivity index (χ1v) is 17.9. The number of unbranched alkanes of at least 4 members (excludes halogenated alkanes) is 2. The molecule has 0 bridgehead atoms. The summed E-state index contributed by atoms with van der Waals surface area (Å²) in [6.45, 7) is 10.7. The van der Waals surface area contributed by atoms with E-state index in [1.54, 1.807) is 24.0 Å². The van der Waals surface area contributed by atoms with E-state index in [0.717, 1.165) is 36.8 Å². The van der Waals surface area contributed by atoms with Crippen molar-refractivity contribution in [3.63, 3.8) is 0 Å². The van der Waals surface area contributed by atoms with Crippen LogP contribution >= 0.6 is 0 Å². The van der Waals surface area contributed by atoms with E-state index in [4.69, 9.17) is 28.5 Å². The summed E-state index contributed by atoms with van der Waals surface area (Å²) in [7, 11) is 1.51. The van der Waals surface area contributed by atoms with Gasteiger partial charge in [-0.3, -0.25) is 4.90 Å². The SMILES string of the molecule is C=CCOc1ccc2c(c1)[C@H]1[C@H](CCCCO)[C@@H](CCCCO)C=C3C(=NOC)C[C@H](N(CCOCCO)C(=O)OCC)[C@@](OCC=C)(O2)[C@H]31. The third kappa shape index (κ3) is 8.89. The van der Waals surface area contributed by atoms with Gasteiger partial charge < -0.3 is 43.8 Å². The van der Waals surface area contributed by atoms with E-state index >= 15 is 0 Å². The van der Waals surface area contributed by atoms with Gasteiger partial charge in [-0.25, -0.2) is 4.79 Å². The van der Waals surface area contributed by atoms with Crippen LogP contribution in [0.3, 0.4) is 0 Å². The summed E-state index contributed by atoms with van der Waals surface area (Å²) in [5.74, 6) is -0.507. The number of carbonyl (C=O) groups is 1. The molecule has 1 aromatic carbocycles. The van der Waals surface area contributed by atoms with Gasteiger partial charge in [-0.2, -0.15) is 0 Å². The minimum Gasteiger partial charge on any atom is -0.490 e. The number of benzene rings is 1. The molecule has 1 aliphatic heterocycles. The molecule has 50 heavy (non-hydrogen) atoms. The minimum atomic E-state index is -1.40. The fourth-order valence-electron chi connectivity index (χ4n) is 7.91. The molecule has 3 aliphatic rings. The zero-order valence-electron chi connectivity index (χ0n) is 29.7. The van der Waals surface area contributed by atoms with Crippen molar-refractivity contribution in [1.82, 2.24) is 4.90 Å². The van der Waals surface area contributed by atoms with Crippen molar-refractivity contribution in [3.8, 4) is 11.5 Å². The van der Waals surface area contributed by atoms with Gasteiger partial charge in [0.15, 0.2) is 0 Å². The minimum absolute atomic E-state index is 0.0875. The summed E-state index contributed by atoms with van der Waals surface area (Å²) in [4.78, 5) is 20.9. The molecule has 1 amide bonds. The van der Waals surface area contributed by atoms with Gasteiger partial charge >= 0.3 is 6.09 Å². The van der Waals surface area contributed by atoms with Crippen LogP contribution in [0.1, 0.15) is 63.4 Å². The maximum Gasteiger partial charge on any atom is 0.410 e. The lowest BCUT2D eigenvalue weighted by Gasteiger charge is -2.59. The maximum absolute atomic E-state index is 13.8. The van der Waals surface area contributed by atoms with Crippen LogP contribution in [0.5, 0.6) is 11.5 Å². The van der Waals surface area contributed by atoms with Crippen molar-refractivity contribution in [1.29, 1.82) is 0 Å². The van der Waals surface area contributed by atoms with E-state index in [9.17, 15) is 20.1 Å². The van der Waals surface area contributed by atoms with Gasteiger partial charge in [0.2, 0.25) is 5.79 Å². The van der Waals surface area contributed by atoms with E-state index in [2.05, 4.69) is 24.4 Å². The first kappa shape index (κ1) is 39.4. The number of ether oxygens (including phenoxy) is 5. The van der Waals surface area contributed by atoms with Crippen LogP contribution in [0.2, 0.25) is 0 Å². The quantitative estimate of drug-likeness (QED) is 0.0859. The van der Waals surface area contributed by atoms with E-state index in [1.807, 2.05) is 18.2 Å². The van der Waals surface area contributed by atoms with Gasteiger partial charge in [-0.15, -0.1) is 6.58 Å². The number of hydrogen-bond donors (Lipinski definition) is 3. The maximum atomic E-state index is 13.8. The average Bonchev–Trinajstić information content (AvgIpc) is 3.12. The molecule has 12 heteroatoms. The van der Waals surface area contributed by atoms with Crippen LogP contribution < -0.4 is 9.47 Å². The molecule has 6 atom stereocenters. The fourth-order valence-corrected chi connectivity index (χ4v) is 7.91. The van der Waals surface area contributed by atoms with Gasteiger partial charge in [0.05, 0.1) is 44.7 Å². The van der Waals surface area contributed by atoms with Crippen LogP contribution in [-0.4, -0.2) is 110 Å². The Kier molecular flexibility index (Phi) is 15.6. The zero-order chi connectivity index (χ0) is 35.9. The predicted octanol–water partition coefficient (Wildman–Crippen LogP) is 4.98. The second-order valence-corrected chi connectivity index (χ2v) is 12.8. The van der Waals surface area contributed by atoms with Crippen LogP contribution in [0.25, 0.3) is 0 Å². The normalized spacial score (nSPS) is 25.8. The summed E-state index contributed by atoms with van der Waals surface area (Å²) in [5, 5.41) is 33.4. The summed E-state index contributed by atoms with van der Waals surface area (Å²) < 4.78 is 31.3. The topological polar surface area (TPSA) is 149 Å². The van der Waals surface area contributed by atoms with Gasteiger partial charge in [-0.05, 0) is 68.2 Å². The van der Waals surface area contributed by atoms with E-state index in [0.29, 0.717) is 36.7 Å². The second-order valence-electron chi connectivity index (χ2n) is 12.8. The lowest BCUT2D eigenvalue weighted by molar-refractivity contribution is -0.256. The molecule has 1 saturated carbocycles. The second kappa shape index (κ2) is 19.8. The molecular weight excluding hydrogens is 644 g/mol. The highest BCUT2D eigenvalue weighted by Crippen LogP contribution is 2.61. The van der Waals surface area contributed by atoms with Gasteiger partial charge in [-0.1, -0.05) is 42.8 Å². The molecule has 1 aromatic rings. The number of nitrogens with zero attached hydrogens (tertiary/aromatic N) is 2. The van der Waals surface area contributed by atoms with Crippen LogP contribution in [0.4, 0.5) is 4.79 Å². The summed E-state index contributed by atoms with van der Waals surface area (Å²) in [5.41, 5.74) is 2.59. The monoisotopic (exact) mass is 700 g/mol. The number of allylic oxidation sites excluding steroid dienone is 1. The number of rotatable bonds is 22. The standard InChI is InChI=1S/C38H56N2O10/c1-5-20-48-28-14-15-33-31(25-28)35-29(13-9-11-18-42)27(12-8-10-17-41)24-30-32(39-45-4)26-34(38(50-33,36(30)35)49-21-6-2)40(37(44)47-7-3)16-22-46-23-19-43/h5-6,14-15,24-25,27,29,34-36,41-43H,1-2,7-13,16-23,26H2,3-4H3/t27-,29+,34-,35+,36+,38+/m0/s1. The third-order valence-electron chi connectivity index (χ3n) is 9.80. The highest BCUT2D eigenvalue weighted by Gasteiger charge is 2.65. The van der Waals surface area contributed by atoms with Crippen molar-refractivity contribution in [2.75, 3.05) is 66.5 Å². The predicted molar refractivity (Wildman–Crippen MR) is 189 cm³/mol. The average molecular weight is 701 g/mol. The number of fused-ring (bicyclic) bond motifs is 2. The summed E-state index contributed by atoms with van der Waals surface area (Å²) in [6, 6.07) is 5.08. The van der Waals surface area contributed by atoms with Crippen molar-refractivity contribution < 1.29 is 48.6 Å². The van der Waals surface area contributed by atoms with Gasteiger partial charge in [0.25, 0.3) is 0 Å². The Hall–Kier alpha value is -3.42. The molecule has 1 fully saturated rings. The highest BCUT2D eigenvalue weighted by molar-refractivity contribution is 6.02. The number of amides is 1. The van der Waals surface area contributed by atoms with Crippen molar-refractivity contribution in [3.05, 3.63) is 60.7 Å². The molecule has 12 nitrogen and oxygen atoms in total. The molecule has 0 unspecified atom stereocenters. The Labute approximate surface area is 296 Å². The zero-order valence-corrected chi connectivity index (χ0v) is 29.7. The van der Waals surface area contributed by atoms with E-state index in [-0.39, 0.29) is 77.0 Å². The van der Waals surface area contributed by atoms with E-state index in [1.165, 1.54) is 7.11 Å². The fraction of sp³-hybridized carbons (Fsp3) is 0.632. The Bertz CT molecular complexity index is 1320. The van der Waals surface area contributed by atoms with Crippen molar-refractivity contribution in [2.45, 2.75) is 69.6 Å². The van der Waals surface area contributed by atoms with Crippen molar-refractivity contribution in [2.24, 2.45) is 22.9 Å². The molecule has 4 rings (SSSR count). The van der Waals surface area contributed by atoms with Gasteiger partial charge in [0.1, 0.15) is 31.3 Å². The molecule has 278 valence electrons. The molecule has 2 aliphatic carbocycles. The largest absolute Gasteiger partial charge is 0.490 e. The third-order valence-corrected chi connectivity index (χ3v) is 9.80. The number of aliphatic hydroxyl groups is 3. The number of carbonyl (C=O) groups excluding carboxylic acids is 1. The Balaban J connectivity index is 2.00. The Morgan fingerprint density at radius 3 is 2.50 bits per heavy atom. The number of oxime groups is 1. The lowest BCUT2D eigenvalue weighted by Crippen LogP contribution is -2.70. The molecule has 0 saturated heterocycles. The lowest BCUT2D eigenvalue weighted by atomic mass is 9.55. The Morgan fingerprint density at radius 2 is 1.82 bits per heavy atom. The number of hydrogen-bond acceptors (Lipinski definition) is 11. The smallest absolute Gasteiger partial charge is 0.410 e. The molecule has 3 N–H and O–H groups in total. The van der Waals surface area contributed by atoms with Crippen LogP contribution in [-0.2, 0) is 19.0 Å². The summed E-state index contributed by atoms with van der Waals surface area (Å²) >= 11 is 0.